The maximum atomic E-state index is 13.7. The van der Waals surface area contributed by atoms with Gasteiger partial charge in [0.1, 0.15) is 5.82 Å². The second kappa shape index (κ2) is 6.64. The number of carbonyl (C=O) groups is 1. The Labute approximate surface area is 129 Å². The quantitative estimate of drug-likeness (QED) is 0.583. The Balaban J connectivity index is 2.22. The summed E-state index contributed by atoms with van der Waals surface area (Å²) in [6.45, 7) is 1.71. The second-order valence-corrected chi connectivity index (χ2v) is 5.33. The molecule has 5 nitrogen and oxygen atoms in total. The standard InChI is InChI=1S/C14H14BrFN4O/c1-8(10-4-2-3-5-12(10)16)19-14(21)11-6-9(15)7-18-13(11)20-17/h2-8H,17H2,1H3,(H,18,20)(H,19,21). The first-order chi connectivity index (χ1) is 10.0. The molecule has 110 valence electrons. The molecule has 1 aromatic carbocycles. The third kappa shape index (κ3) is 3.56. The van der Waals surface area contributed by atoms with Gasteiger partial charge in [0.2, 0.25) is 0 Å². The average Bonchev–Trinajstić information content (AvgIpc) is 2.47. The maximum Gasteiger partial charge on any atom is 0.255 e. The van der Waals surface area contributed by atoms with Gasteiger partial charge in [-0.05, 0) is 35.0 Å². The van der Waals surface area contributed by atoms with E-state index in [0.717, 1.165) is 0 Å². The molecular formula is C14H14BrFN4O. The highest BCUT2D eigenvalue weighted by atomic mass is 79.9. The molecule has 0 saturated heterocycles. The molecule has 0 aliphatic rings. The van der Waals surface area contributed by atoms with E-state index in [1.165, 1.54) is 12.3 Å². The van der Waals surface area contributed by atoms with E-state index < -0.39 is 11.9 Å². The molecule has 7 heteroatoms. The summed E-state index contributed by atoms with van der Waals surface area (Å²) in [4.78, 5) is 16.3. The van der Waals surface area contributed by atoms with Gasteiger partial charge in [-0.25, -0.2) is 15.2 Å². The van der Waals surface area contributed by atoms with E-state index >= 15 is 0 Å². The van der Waals surface area contributed by atoms with Crippen molar-refractivity contribution in [1.29, 1.82) is 0 Å². The minimum absolute atomic E-state index is 0.247. The number of nitrogens with two attached hydrogens (primary N) is 1. The molecule has 0 fully saturated rings. The van der Waals surface area contributed by atoms with Crippen molar-refractivity contribution in [2.75, 3.05) is 5.43 Å². The van der Waals surface area contributed by atoms with E-state index in [4.69, 9.17) is 5.84 Å². The lowest BCUT2D eigenvalue weighted by Crippen LogP contribution is -2.28. The smallest absolute Gasteiger partial charge is 0.255 e. The molecule has 0 aliphatic carbocycles. The number of nitrogen functional groups attached to an aromatic ring is 1. The molecule has 1 unspecified atom stereocenters. The van der Waals surface area contributed by atoms with Crippen molar-refractivity contribution in [3.63, 3.8) is 0 Å². The van der Waals surface area contributed by atoms with Crippen molar-refractivity contribution in [1.82, 2.24) is 10.3 Å². The summed E-state index contributed by atoms with van der Waals surface area (Å²) >= 11 is 3.25. The van der Waals surface area contributed by atoms with E-state index in [2.05, 4.69) is 31.7 Å². The molecule has 0 spiro atoms. The third-order valence-corrected chi connectivity index (χ3v) is 3.39. The Kier molecular flexibility index (Phi) is 4.87. The zero-order valence-electron chi connectivity index (χ0n) is 11.2. The molecule has 0 bridgehead atoms. The number of benzene rings is 1. The van der Waals surface area contributed by atoms with Crippen LogP contribution < -0.4 is 16.6 Å². The van der Waals surface area contributed by atoms with Crippen molar-refractivity contribution in [3.8, 4) is 0 Å². The number of carbonyl (C=O) groups excluding carboxylic acids is 1. The van der Waals surface area contributed by atoms with E-state index in [1.54, 1.807) is 31.2 Å². The number of hydrogen-bond acceptors (Lipinski definition) is 4. The van der Waals surface area contributed by atoms with Crippen LogP contribution in [-0.4, -0.2) is 10.9 Å². The second-order valence-electron chi connectivity index (χ2n) is 4.41. The fourth-order valence-corrected chi connectivity index (χ4v) is 2.24. The predicted molar refractivity (Wildman–Crippen MR) is 82.0 cm³/mol. The van der Waals surface area contributed by atoms with Gasteiger partial charge in [0.05, 0.1) is 11.6 Å². The van der Waals surface area contributed by atoms with Gasteiger partial charge in [0, 0.05) is 16.2 Å². The number of amides is 1. The first kappa shape index (κ1) is 15.4. The summed E-state index contributed by atoms with van der Waals surface area (Å²) in [5.41, 5.74) is 3.05. The zero-order chi connectivity index (χ0) is 15.4. The van der Waals surface area contributed by atoms with Crippen LogP contribution >= 0.6 is 15.9 Å². The van der Waals surface area contributed by atoms with Crippen LogP contribution in [0.25, 0.3) is 0 Å². The predicted octanol–water partition coefficient (Wildman–Crippen LogP) is 2.76. The SMILES string of the molecule is CC(NC(=O)c1cc(Br)cnc1NN)c1ccccc1F. The molecule has 0 radical (unpaired) electrons. The Morgan fingerprint density at radius 2 is 2.14 bits per heavy atom. The third-order valence-electron chi connectivity index (χ3n) is 2.95. The number of aromatic nitrogens is 1. The number of pyridine rings is 1. The molecule has 1 amide bonds. The van der Waals surface area contributed by atoms with E-state index in [-0.39, 0.29) is 17.2 Å². The summed E-state index contributed by atoms with van der Waals surface area (Å²) in [6, 6.07) is 7.40. The Hall–Kier alpha value is -1.99. The molecule has 4 N–H and O–H groups in total. The van der Waals surface area contributed by atoms with Crippen LogP contribution in [0.5, 0.6) is 0 Å². The van der Waals surface area contributed by atoms with Crippen LogP contribution in [0.3, 0.4) is 0 Å². The first-order valence-electron chi connectivity index (χ1n) is 6.20. The normalized spacial score (nSPS) is 11.8. The molecule has 2 rings (SSSR count). The minimum atomic E-state index is -0.483. The van der Waals surface area contributed by atoms with Crippen LogP contribution in [0, 0.1) is 5.82 Å². The number of halogens is 2. The molecular weight excluding hydrogens is 339 g/mol. The molecule has 2 aromatic rings. The molecule has 1 heterocycles. The number of nitrogens with one attached hydrogen (secondary N) is 2. The lowest BCUT2D eigenvalue weighted by Gasteiger charge is -2.16. The molecule has 0 aliphatic heterocycles. The van der Waals surface area contributed by atoms with Crippen LogP contribution in [0.4, 0.5) is 10.2 Å². The number of hydrogen-bond donors (Lipinski definition) is 3. The van der Waals surface area contributed by atoms with Crippen molar-refractivity contribution in [2.24, 2.45) is 5.84 Å². The first-order valence-corrected chi connectivity index (χ1v) is 6.99. The van der Waals surface area contributed by atoms with Crippen LogP contribution in [0.2, 0.25) is 0 Å². The monoisotopic (exact) mass is 352 g/mol. The lowest BCUT2D eigenvalue weighted by molar-refractivity contribution is 0.0940. The molecule has 21 heavy (non-hydrogen) atoms. The van der Waals surface area contributed by atoms with Gasteiger partial charge in [-0.15, -0.1) is 0 Å². The van der Waals surface area contributed by atoms with Crippen molar-refractivity contribution in [2.45, 2.75) is 13.0 Å². The van der Waals surface area contributed by atoms with Gasteiger partial charge in [-0.1, -0.05) is 18.2 Å². The van der Waals surface area contributed by atoms with E-state index in [9.17, 15) is 9.18 Å². The lowest BCUT2D eigenvalue weighted by atomic mass is 10.1. The zero-order valence-corrected chi connectivity index (χ0v) is 12.8. The number of hydrazine groups is 1. The highest BCUT2D eigenvalue weighted by Crippen LogP contribution is 2.20. The van der Waals surface area contributed by atoms with Gasteiger partial charge in [-0.3, -0.25) is 4.79 Å². The average molecular weight is 353 g/mol. The Morgan fingerprint density at radius 1 is 1.43 bits per heavy atom. The van der Waals surface area contributed by atoms with E-state index in [1.807, 2.05) is 0 Å². The van der Waals surface area contributed by atoms with E-state index in [0.29, 0.717) is 10.0 Å². The number of nitrogens with zero attached hydrogens (tertiary/aromatic N) is 1. The van der Waals surface area contributed by atoms with Crippen LogP contribution in [-0.2, 0) is 0 Å². The van der Waals surface area contributed by atoms with Gasteiger partial charge in [-0.2, -0.15) is 0 Å². The summed E-state index contributed by atoms with van der Waals surface area (Å²) in [6.07, 6.45) is 1.52. The summed E-state index contributed by atoms with van der Waals surface area (Å²) in [5, 5.41) is 2.72. The van der Waals surface area contributed by atoms with Crippen molar-refractivity contribution >= 4 is 27.7 Å². The van der Waals surface area contributed by atoms with Gasteiger partial charge in [0.25, 0.3) is 5.91 Å². The van der Waals surface area contributed by atoms with Crippen molar-refractivity contribution < 1.29 is 9.18 Å². The maximum absolute atomic E-state index is 13.7. The number of rotatable bonds is 4. The Morgan fingerprint density at radius 3 is 2.81 bits per heavy atom. The highest BCUT2D eigenvalue weighted by Gasteiger charge is 2.17. The van der Waals surface area contributed by atoms with Crippen LogP contribution in [0.15, 0.2) is 41.0 Å². The summed E-state index contributed by atoms with van der Waals surface area (Å²) in [7, 11) is 0. The summed E-state index contributed by atoms with van der Waals surface area (Å²) in [5.74, 6) is 4.82. The summed E-state index contributed by atoms with van der Waals surface area (Å²) < 4.78 is 14.3. The largest absolute Gasteiger partial charge is 0.345 e. The molecule has 1 atom stereocenters. The van der Waals surface area contributed by atoms with Gasteiger partial charge >= 0.3 is 0 Å². The minimum Gasteiger partial charge on any atom is -0.345 e. The van der Waals surface area contributed by atoms with Gasteiger partial charge in [0.15, 0.2) is 5.82 Å². The van der Waals surface area contributed by atoms with Gasteiger partial charge < -0.3 is 10.7 Å². The molecule has 0 saturated carbocycles. The van der Waals surface area contributed by atoms with Crippen molar-refractivity contribution in [3.05, 3.63) is 57.9 Å². The molecule has 1 aromatic heterocycles. The number of anilines is 1. The fraction of sp³-hybridized carbons (Fsp3) is 0.143. The fourth-order valence-electron chi connectivity index (χ4n) is 1.91. The van der Waals surface area contributed by atoms with Crippen LogP contribution in [0.1, 0.15) is 28.9 Å². The highest BCUT2D eigenvalue weighted by molar-refractivity contribution is 9.10. The Bertz CT molecular complexity index is 665. The topological polar surface area (TPSA) is 80.0 Å².